The van der Waals surface area contributed by atoms with Gasteiger partial charge in [-0.05, 0) is 48.4 Å². The number of imidazole rings is 1. The van der Waals surface area contributed by atoms with E-state index in [4.69, 9.17) is 21.1 Å². The summed E-state index contributed by atoms with van der Waals surface area (Å²) in [7, 11) is 0. The van der Waals surface area contributed by atoms with Gasteiger partial charge in [-0.15, -0.1) is 11.8 Å². The Morgan fingerprint density at radius 3 is 2.69 bits per heavy atom. The zero-order valence-electron chi connectivity index (χ0n) is 15.8. The summed E-state index contributed by atoms with van der Waals surface area (Å²) in [6.07, 6.45) is 5.59. The second kappa shape index (κ2) is 9.30. The van der Waals surface area contributed by atoms with Crippen molar-refractivity contribution < 1.29 is 13.9 Å². The first-order chi connectivity index (χ1) is 14.1. The van der Waals surface area contributed by atoms with Crippen molar-refractivity contribution in [3.05, 3.63) is 83.2 Å². The summed E-state index contributed by atoms with van der Waals surface area (Å²) in [5, 5.41) is 0.727. The van der Waals surface area contributed by atoms with Gasteiger partial charge < -0.3 is 14.5 Å². The van der Waals surface area contributed by atoms with Crippen LogP contribution >= 0.6 is 23.4 Å². The standard InChI is InChI=1S/C22H22ClFN2O2S/c23-17-3-1-16(2-4-17)9-10-22(13-21-25-11-12-26-21)27-14-19(28-22)15-29-20-7-5-18(24)6-8-20/h1-8,11-12,19H,9-10,13-15H2,(H,25,26). The first-order valence-electron chi connectivity index (χ1n) is 9.53. The van der Waals surface area contributed by atoms with E-state index in [1.165, 1.54) is 17.7 Å². The number of aromatic nitrogens is 2. The summed E-state index contributed by atoms with van der Waals surface area (Å²) in [5.74, 6) is 0.639. The van der Waals surface area contributed by atoms with Crippen molar-refractivity contribution in [2.24, 2.45) is 0 Å². The number of hydrogen-bond donors (Lipinski definition) is 1. The fraction of sp³-hybridized carbons (Fsp3) is 0.318. The lowest BCUT2D eigenvalue weighted by molar-refractivity contribution is -0.170. The van der Waals surface area contributed by atoms with Crippen molar-refractivity contribution in [1.82, 2.24) is 9.97 Å². The van der Waals surface area contributed by atoms with Crippen molar-refractivity contribution in [2.45, 2.75) is 36.0 Å². The Kier molecular flexibility index (Phi) is 6.55. The van der Waals surface area contributed by atoms with Crippen LogP contribution in [0, 0.1) is 5.82 Å². The quantitative estimate of drug-likeness (QED) is 0.492. The van der Waals surface area contributed by atoms with E-state index in [1.807, 2.05) is 24.3 Å². The molecule has 4 rings (SSSR count). The third kappa shape index (κ3) is 5.60. The third-order valence-corrected chi connectivity index (χ3v) is 6.26. The number of nitrogens with zero attached hydrogens (tertiary/aromatic N) is 1. The van der Waals surface area contributed by atoms with E-state index in [9.17, 15) is 4.39 Å². The average molecular weight is 433 g/mol. The number of aryl methyl sites for hydroxylation is 1. The lowest BCUT2D eigenvalue weighted by Crippen LogP contribution is -2.35. The third-order valence-electron chi connectivity index (χ3n) is 4.86. The molecule has 0 spiro atoms. The number of H-pyrrole nitrogens is 1. The molecule has 1 aromatic heterocycles. The van der Waals surface area contributed by atoms with Gasteiger partial charge in [0.15, 0.2) is 5.79 Å². The van der Waals surface area contributed by atoms with Crippen LogP contribution in [-0.4, -0.2) is 34.2 Å². The molecule has 2 unspecified atom stereocenters. The molecule has 4 nitrogen and oxygen atoms in total. The van der Waals surface area contributed by atoms with E-state index in [1.54, 1.807) is 36.3 Å². The van der Waals surface area contributed by atoms with Crippen molar-refractivity contribution >= 4 is 23.4 Å². The van der Waals surface area contributed by atoms with Gasteiger partial charge >= 0.3 is 0 Å². The molecule has 0 aliphatic carbocycles. The molecular weight excluding hydrogens is 411 g/mol. The van der Waals surface area contributed by atoms with Gasteiger partial charge in [-0.3, -0.25) is 0 Å². The molecule has 0 amide bonds. The Bertz CT molecular complexity index is 906. The number of aromatic amines is 1. The van der Waals surface area contributed by atoms with Crippen LogP contribution in [0.3, 0.4) is 0 Å². The first-order valence-corrected chi connectivity index (χ1v) is 10.9. The van der Waals surface area contributed by atoms with Crippen LogP contribution in [0.5, 0.6) is 0 Å². The highest BCUT2D eigenvalue weighted by molar-refractivity contribution is 7.99. The van der Waals surface area contributed by atoms with Gasteiger partial charge in [-0.1, -0.05) is 23.7 Å². The van der Waals surface area contributed by atoms with Crippen LogP contribution in [0.15, 0.2) is 65.8 Å². The van der Waals surface area contributed by atoms with E-state index >= 15 is 0 Å². The summed E-state index contributed by atoms with van der Waals surface area (Å²) in [5.41, 5.74) is 1.18. The lowest BCUT2D eigenvalue weighted by atomic mass is 10.0. The molecule has 1 fully saturated rings. The van der Waals surface area contributed by atoms with Gasteiger partial charge in [0.25, 0.3) is 0 Å². The van der Waals surface area contributed by atoms with E-state index in [2.05, 4.69) is 9.97 Å². The first kappa shape index (κ1) is 20.4. The Morgan fingerprint density at radius 2 is 1.97 bits per heavy atom. The number of hydrogen-bond acceptors (Lipinski definition) is 4. The van der Waals surface area contributed by atoms with Gasteiger partial charge in [0.2, 0.25) is 0 Å². The number of halogens is 2. The van der Waals surface area contributed by atoms with Gasteiger partial charge in [0, 0.05) is 34.5 Å². The summed E-state index contributed by atoms with van der Waals surface area (Å²) < 4.78 is 25.7. The summed E-state index contributed by atoms with van der Waals surface area (Å²) in [6, 6.07) is 14.4. The number of thioether (sulfide) groups is 1. The van der Waals surface area contributed by atoms with Crippen LogP contribution in [0.4, 0.5) is 4.39 Å². The maximum atomic E-state index is 13.1. The maximum Gasteiger partial charge on any atom is 0.176 e. The Morgan fingerprint density at radius 1 is 1.17 bits per heavy atom. The Hall–Kier alpha value is -1.86. The molecule has 3 aromatic rings. The van der Waals surface area contributed by atoms with Crippen LogP contribution < -0.4 is 0 Å². The fourth-order valence-electron chi connectivity index (χ4n) is 3.37. The molecule has 1 N–H and O–H groups in total. The number of ether oxygens (including phenoxy) is 2. The van der Waals surface area contributed by atoms with Crippen molar-refractivity contribution in [3.8, 4) is 0 Å². The van der Waals surface area contributed by atoms with E-state index < -0.39 is 5.79 Å². The average Bonchev–Trinajstić information content (AvgIpc) is 3.38. The molecular formula is C22H22ClFN2O2S. The highest BCUT2D eigenvalue weighted by Crippen LogP contribution is 2.34. The normalized spacial score (nSPS) is 21.5. The molecule has 152 valence electrons. The Labute approximate surface area is 178 Å². The Balaban J connectivity index is 1.40. The predicted octanol–water partition coefficient (Wildman–Crippen LogP) is 5.28. The zero-order valence-corrected chi connectivity index (χ0v) is 17.4. The van der Waals surface area contributed by atoms with Crippen LogP contribution in [0.25, 0.3) is 0 Å². The second-order valence-corrected chi connectivity index (χ2v) is 8.60. The monoisotopic (exact) mass is 432 g/mol. The molecule has 0 bridgehead atoms. The van der Waals surface area contributed by atoms with E-state index in [0.717, 1.165) is 27.9 Å². The highest BCUT2D eigenvalue weighted by atomic mass is 35.5. The van der Waals surface area contributed by atoms with Crippen LogP contribution in [0.1, 0.15) is 17.8 Å². The van der Waals surface area contributed by atoms with Gasteiger partial charge in [0.1, 0.15) is 11.6 Å². The highest BCUT2D eigenvalue weighted by Gasteiger charge is 2.42. The van der Waals surface area contributed by atoms with Crippen molar-refractivity contribution in [2.75, 3.05) is 12.4 Å². The largest absolute Gasteiger partial charge is 0.348 e. The lowest BCUT2D eigenvalue weighted by Gasteiger charge is -2.27. The minimum atomic E-state index is -0.717. The van der Waals surface area contributed by atoms with Crippen LogP contribution in [0.2, 0.25) is 5.02 Å². The van der Waals surface area contributed by atoms with Crippen LogP contribution in [-0.2, 0) is 22.3 Å². The minimum absolute atomic E-state index is 0.0368. The molecule has 7 heteroatoms. The minimum Gasteiger partial charge on any atom is -0.348 e. The molecule has 0 radical (unpaired) electrons. The topological polar surface area (TPSA) is 47.1 Å². The van der Waals surface area contributed by atoms with Gasteiger partial charge in [-0.25, -0.2) is 9.37 Å². The molecule has 1 aliphatic rings. The molecule has 2 heterocycles. The molecule has 2 aromatic carbocycles. The zero-order chi connectivity index (χ0) is 20.1. The smallest absolute Gasteiger partial charge is 0.176 e. The number of rotatable bonds is 8. The molecule has 29 heavy (non-hydrogen) atoms. The fourth-order valence-corrected chi connectivity index (χ4v) is 4.36. The van der Waals surface area contributed by atoms with Gasteiger partial charge in [-0.2, -0.15) is 0 Å². The summed E-state index contributed by atoms with van der Waals surface area (Å²) in [4.78, 5) is 8.50. The molecule has 0 saturated carbocycles. The number of benzene rings is 2. The molecule has 1 saturated heterocycles. The molecule has 1 aliphatic heterocycles. The number of nitrogens with one attached hydrogen (secondary N) is 1. The molecule has 2 atom stereocenters. The van der Waals surface area contributed by atoms with Crippen molar-refractivity contribution in [1.29, 1.82) is 0 Å². The maximum absolute atomic E-state index is 13.1. The SMILES string of the molecule is Fc1ccc(SCC2COC(CCc3ccc(Cl)cc3)(Cc3ncc[nH]3)O2)cc1. The predicted molar refractivity (Wildman–Crippen MR) is 113 cm³/mol. The van der Waals surface area contributed by atoms with Crippen molar-refractivity contribution in [3.63, 3.8) is 0 Å². The second-order valence-electron chi connectivity index (χ2n) is 7.07. The summed E-state index contributed by atoms with van der Waals surface area (Å²) >= 11 is 7.63. The van der Waals surface area contributed by atoms with E-state index in [-0.39, 0.29) is 11.9 Å². The summed E-state index contributed by atoms with van der Waals surface area (Å²) in [6.45, 7) is 0.523. The van der Waals surface area contributed by atoms with E-state index in [0.29, 0.717) is 19.4 Å². The van der Waals surface area contributed by atoms with Gasteiger partial charge in [0.05, 0.1) is 19.1 Å².